The minimum Gasteiger partial charge on any atom is -0.330 e. The third kappa shape index (κ3) is 5.44. The summed E-state index contributed by atoms with van der Waals surface area (Å²) in [4.78, 5) is 32.3. The second-order valence-corrected chi connectivity index (χ2v) is 10.8. The van der Waals surface area contributed by atoms with E-state index in [1.165, 1.54) is 16.0 Å². The number of aryl methyl sites for hydroxylation is 1. The summed E-state index contributed by atoms with van der Waals surface area (Å²) in [5, 5.41) is 2.12. The number of thiophene rings is 1. The third-order valence-electron chi connectivity index (χ3n) is 6.49. The second kappa shape index (κ2) is 11.3. The summed E-state index contributed by atoms with van der Waals surface area (Å²) in [6, 6.07) is 17.8. The lowest BCUT2D eigenvalue weighted by Gasteiger charge is -2.38. The van der Waals surface area contributed by atoms with Crippen molar-refractivity contribution >= 4 is 39.1 Å². The van der Waals surface area contributed by atoms with Crippen molar-refractivity contribution in [3.8, 4) is 0 Å². The van der Waals surface area contributed by atoms with Gasteiger partial charge >= 0.3 is 0 Å². The molecule has 2 aromatic carbocycles. The van der Waals surface area contributed by atoms with Crippen molar-refractivity contribution in [3.63, 3.8) is 0 Å². The van der Waals surface area contributed by atoms with Gasteiger partial charge in [-0.15, -0.1) is 11.3 Å². The van der Waals surface area contributed by atoms with Crippen LogP contribution in [0.2, 0.25) is 0 Å². The van der Waals surface area contributed by atoms with Gasteiger partial charge in [-0.2, -0.15) is 0 Å². The lowest BCUT2D eigenvalue weighted by Crippen LogP contribution is -2.47. The largest absolute Gasteiger partial charge is 0.330 e. The zero-order valence-electron chi connectivity index (χ0n) is 19.8. The molecule has 0 saturated carbocycles. The highest BCUT2D eigenvalue weighted by Gasteiger charge is 2.34. The van der Waals surface area contributed by atoms with Crippen molar-refractivity contribution in [1.29, 1.82) is 0 Å². The first-order valence-electron chi connectivity index (χ1n) is 12.0. The van der Waals surface area contributed by atoms with Crippen molar-refractivity contribution in [2.75, 3.05) is 19.6 Å². The number of carbonyl (C=O) groups is 2. The van der Waals surface area contributed by atoms with Crippen molar-refractivity contribution in [2.45, 2.75) is 45.6 Å². The quantitative estimate of drug-likeness (QED) is 0.302. The van der Waals surface area contributed by atoms with E-state index >= 15 is 0 Å². The number of halogens is 1. The monoisotopic (exact) mass is 538 g/mol. The molecule has 2 amide bonds. The molecule has 1 aromatic heterocycles. The van der Waals surface area contributed by atoms with Crippen molar-refractivity contribution in [1.82, 2.24) is 9.80 Å². The SMILES string of the molecule is CCCCCN(CC(=O)N1CCc2sccc2C1c1ccccc1C)C(=O)c1cccc(Br)c1. The van der Waals surface area contributed by atoms with Crippen LogP contribution in [0.5, 0.6) is 0 Å². The summed E-state index contributed by atoms with van der Waals surface area (Å²) in [5.41, 5.74) is 4.16. The second-order valence-electron chi connectivity index (χ2n) is 8.84. The Morgan fingerprint density at radius 2 is 1.91 bits per heavy atom. The summed E-state index contributed by atoms with van der Waals surface area (Å²) in [6.45, 7) is 5.59. The van der Waals surface area contributed by atoms with Gasteiger partial charge in [0, 0.05) is 28.0 Å². The van der Waals surface area contributed by atoms with E-state index in [0.29, 0.717) is 18.7 Å². The number of fused-ring (bicyclic) bond motifs is 1. The molecule has 6 heteroatoms. The van der Waals surface area contributed by atoms with Gasteiger partial charge in [0.1, 0.15) is 6.54 Å². The first-order valence-corrected chi connectivity index (χ1v) is 13.6. The first-order chi connectivity index (χ1) is 16.5. The molecular formula is C28H31BrN2O2S. The molecule has 1 unspecified atom stereocenters. The molecule has 0 spiro atoms. The number of carbonyl (C=O) groups excluding carboxylic acids is 2. The molecule has 2 heterocycles. The number of nitrogens with zero attached hydrogens (tertiary/aromatic N) is 2. The fourth-order valence-electron chi connectivity index (χ4n) is 4.68. The van der Waals surface area contributed by atoms with Crippen LogP contribution in [-0.2, 0) is 11.2 Å². The van der Waals surface area contributed by atoms with Crippen molar-refractivity contribution in [3.05, 3.63) is 91.6 Å². The molecule has 0 aliphatic carbocycles. The van der Waals surface area contributed by atoms with Crippen molar-refractivity contribution in [2.24, 2.45) is 0 Å². The summed E-state index contributed by atoms with van der Waals surface area (Å²) >= 11 is 5.23. The summed E-state index contributed by atoms with van der Waals surface area (Å²) in [7, 11) is 0. The van der Waals surface area contributed by atoms with Gasteiger partial charge in [-0.1, -0.05) is 66.0 Å². The Kier molecular flexibility index (Phi) is 8.22. The molecule has 1 atom stereocenters. The van der Waals surface area contributed by atoms with Crippen LogP contribution in [0.1, 0.15) is 64.2 Å². The van der Waals surface area contributed by atoms with Crippen LogP contribution >= 0.6 is 27.3 Å². The number of hydrogen-bond donors (Lipinski definition) is 0. The van der Waals surface area contributed by atoms with E-state index in [1.54, 1.807) is 16.2 Å². The van der Waals surface area contributed by atoms with E-state index < -0.39 is 0 Å². The molecule has 178 valence electrons. The molecule has 1 aliphatic rings. The predicted molar refractivity (Wildman–Crippen MR) is 142 cm³/mol. The number of benzene rings is 2. The molecule has 0 N–H and O–H groups in total. The minimum atomic E-state index is -0.109. The fourth-order valence-corrected chi connectivity index (χ4v) is 5.98. The molecular weight excluding hydrogens is 508 g/mol. The van der Waals surface area contributed by atoms with Crippen LogP contribution < -0.4 is 0 Å². The van der Waals surface area contributed by atoms with E-state index in [4.69, 9.17) is 0 Å². The highest BCUT2D eigenvalue weighted by molar-refractivity contribution is 9.10. The Morgan fingerprint density at radius 3 is 2.68 bits per heavy atom. The molecule has 4 rings (SSSR count). The van der Waals surface area contributed by atoms with Crippen LogP contribution in [0, 0.1) is 6.92 Å². The van der Waals surface area contributed by atoms with Crippen LogP contribution in [0.15, 0.2) is 64.5 Å². The smallest absolute Gasteiger partial charge is 0.254 e. The standard InChI is InChI=1S/C28H31BrN2O2S/c1-3-4-7-15-30(28(33)21-10-8-11-22(29)18-21)19-26(32)31-16-13-25-24(14-17-34-25)27(31)23-12-6-5-9-20(23)2/h5-6,8-12,14,17-18,27H,3-4,7,13,15-16,19H2,1-2H3. The highest BCUT2D eigenvalue weighted by atomic mass is 79.9. The Morgan fingerprint density at radius 1 is 1.09 bits per heavy atom. The third-order valence-corrected chi connectivity index (χ3v) is 7.98. The minimum absolute atomic E-state index is 0.00458. The molecule has 1 aliphatic heterocycles. The number of rotatable bonds is 8. The molecule has 0 bridgehead atoms. The van der Waals surface area contributed by atoms with E-state index in [9.17, 15) is 9.59 Å². The predicted octanol–water partition coefficient (Wildman–Crippen LogP) is 6.63. The maximum absolute atomic E-state index is 13.8. The van der Waals surface area contributed by atoms with E-state index in [0.717, 1.165) is 35.7 Å². The molecule has 0 fully saturated rings. The topological polar surface area (TPSA) is 40.6 Å². The maximum Gasteiger partial charge on any atom is 0.254 e. The molecule has 34 heavy (non-hydrogen) atoms. The van der Waals surface area contributed by atoms with Crippen LogP contribution in [0.4, 0.5) is 0 Å². The fraction of sp³-hybridized carbons (Fsp3) is 0.357. The van der Waals surface area contributed by atoms with Crippen LogP contribution in [0.3, 0.4) is 0 Å². The zero-order chi connectivity index (χ0) is 24.1. The van der Waals surface area contributed by atoms with E-state index in [1.807, 2.05) is 41.3 Å². The van der Waals surface area contributed by atoms with Crippen molar-refractivity contribution < 1.29 is 9.59 Å². The molecule has 0 saturated heterocycles. The van der Waals surface area contributed by atoms with Gasteiger partial charge in [-0.05, 0) is 66.1 Å². The lowest BCUT2D eigenvalue weighted by atomic mass is 9.90. The Labute approximate surface area is 214 Å². The van der Waals surface area contributed by atoms with Gasteiger partial charge in [-0.25, -0.2) is 0 Å². The highest BCUT2D eigenvalue weighted by Crippen LogP contribution is 2.39. The Bertz CT molecular complexity index is 1160. The summed E-state index contributed by atoms with van der Waals surface area (Å²) in [6.07, 6.45) is 3.84. The first kappa shape index (κ1) is 24.7. The molecule has 3 aromatic rings. The lowest BCUT2D eigenvalue weighted by molar-refractivity contribution is -0.134. The zero-order valence-corrected chi connectivity index (χ0v) is 22.2. The Hall–Kier alpha value is -2.44. The van der Waals surface area contributed by atoms with Gasteiger partial charge < -0.3 is 9.80 Å². The van der Waals surface area contributed by atoms with Gasteiger partial charge in [-0.3, -0.25) is 9.59 Å². The summed E-state index contributed by atoms with van der Waals surface area (Å²) in [5.74, 6) is -0.0867. The van der Waals surface area contributed by atoms with Crippen LogP contribution in [-0.4, -0.2) is 41.2 Å². The van der Waals surface area contributed by atoms with Gasteiger partial charge in [0.05, 0.1) is 6.04 Å². The molecule has 0 radical (unpaired) electrons. The Balaban J connectivity index is 1.62. The normalized spacial score (nSPS) is 15.1. The van der Waals surface area contributed by atoms with E-state index in [2.05, 4.69) is 53.4 Å². The molecule has 4 nitrogen and oxygen atoms in total. The number of amides is 2. The average molecular weight is 540 g/mol. The number of hydrogen-bond acceptors (Lipinski definition) is 3. The average Bonchev–Trinajstić information content (AvgIpc) is 3.32. The maximum atomic E-state index is 13.8. The van der Waals surface area contributed by atoms with Gasteiger partial charge in [0.15, 0.2) is 0 Å². The van der Waals surface area contributed by atoms with Gasteiger partial charge in [0.25, 0.3) is 5.91 Å². The van der Waals surface area contributed by atoms with Crippen LogP contribution in [0.25, 0.3) is 0 Å². The number of unbranched alkanes of at least 4 members (excludes halogenated alkanes) is 2. The van der Waals surface area contributed by atoms with E-state index in [-0.39, 0.29) is 24.4 Å². The van der Waals surface area contributed by atoms with Gasteiger partial charge in [0.2, 0.25) is 5.91 Å². The summed E-state index contributed by atoms with van der Waals surface area (Å²) < 4.78 is 0.860.